The van der Waals surface area contributed by atoms with Crippen molar-refractivity contribution in [2.75, 3.05) is 18.0 Å². The molecule has 106 valence electrons. The smallest absolute Gasteiger partial charge is 0.246 e. The number of nitrogens with zero attached hydrogens (tertiary/aromatic N) is 1. The number of amides is 2. The van der Waals surface area contributed by atoms with Crippen LogP contribution in [0.4, 0.5) is 5.69 Å². The Morgan fingerprint density at radius 3 is 2.60 bits per heavy atom. The summed E-state index contributed by atoms with van der Waals surface area (Å²) >= 11 is 0. The maximum atomic E-state index is 12.1. The lowest BCUT2D eigenvalue weighted by molar-refractivity contribution is -0.128. The molecule has 0 bridgehead atoms. The quantitative estimate of drug-likeness (QED) is 0.840. The summed E-state index contributed by atoms with van der Waals surface area (Å²) in [5.74, 6) is -0.212. The third kappa shape index (κ3) is 2.18. The van der Waals surface area contributed by atoms with Crippen LogP contribution in [0.3, 0.4) is 0 Å². The van der Waals surface area contributed by atoms with E-state index in [9.17, 15) is 9.59 Å². The average Bonchev–Trinajstić information content (AvgIpc) is 2.90. The highest BCUT2D eigenvalue weighted by molar-refractivity contribution is 6.05. The number of para-hydroxylation sites is 1. The largest absolute Gasteiger partial charge is 0.345 e. The van der Waals surface area contributed by atoms with Crippen molar-refractivity contribution < 1.29 is 9.59 Å². The van der Waals surface area contributed by atoms with Crippen molar-refractivity contribution >= 4 is 17.5 Å². The molecule has 5 nitrogen and oxygen atoms in total. The first-order valence-corrected chi connectivity index (χ1v) is 7.06. The van der Waals surface area contributed by atoms with Crippen molar-refractivity contribution in [3.8, 4) is 0 Å². The number of nitrogens with one attached hydrogen (secondary N) is 1. The van der Waals surface area contributed by atoms with Crippen molar-refractivity contribution in [2.45, 2.75) is 31.2 Å². The molecular formula is C15H19N3O2. The summed E-state index contributed by atoms with van der Waals surface area (Å²) in [5, 5.41) is 2.57. The summed E-state index contributed by atoms with van der Waals surface area (Å²) in [4.78, 5) is 25.2. The maximum absolute atomic E-state index is 12.1. The first-order valence-electron chi connectivity index (χ1n) is 7.06. The first kappa shape index (κ1) is 13.1. The number of carbonyl (C=O) groups excluding carboxylic acids is 2. The number of anilines is 1. The minimum atomic E-state index is -0.370. The van der Waals surface area contributed by atoms with E-state index in [1.165, 1.54) is 0 Å². The van der Waals surface area contributed by atoms with Crippen molar-refractivity contribution in [3.05, 3.63) is 29.8 Å². The van der Waals surface area contributed by atoms with E-state index in [0.29, 0.717) is 0 Å². The number of carbonyl (C=O) groups is 2. The number of hydrogen-bond acceptors (Lipinski definition) is 3. The van der Waals surface area contributed by atoms with Gasteiger partial charge < -0.3 is 16.0 Å². The number of piperazine rings is 1. The van der Waals surface area contributed by atoms with Gasteiger partial charge in [-0.2, -0.15) is 0 Å². The molecule has 1 aliphatic heterocycles. The number of nitrogens with two attached hydrogens (primary N) is 1. The van der Waals surface area contributed by atoms with Crippen LogP contribution in [-0.2, 0) is 15.1 Å². The predicted molar refractivity (Wildman–Crippen MR) is 76.1 cm³/mol. The third-order valence-electron chi connectivity index (χ3n) is 4.27. The molecule has 20 heavy (non-hydrogen) atoms. The summed E-state index contributed by atoms with van der Waals surface area (Å²) < 4.78 is 0. The van der Waals surface area contributed by atoms with Gasteiger partial charge in [0, 0.05) is 11.2 Å². The van der Waals surface area contributed by atoms with Crippen LogP contribution >= 0.6 is 0 Å². The van der Waals surface area contributed by atoms with Gasteiger partial charge in [-0.1, -0.05) is 31.0 Å². The first-order chi connectivity index (χ1) is 9.60. The second-order valence-electron chi connectivity index (χ2n) is 5.64. The summed E-state index contributed by atoms with van der Waals surface area (Å²) in [6.45, 7) is 0.136. The Bertz CT molecular complexity index is 550. The lowest BCUT2D eigenvalue weighted by atomic mass is 9.87. The van der Waals surface area contributed by atoms with Gasteiger partial charge in [0.05, 0.1) is 6.54 Å². The normalized spacial score (nSPS) is 21.9. The Balaban J connectivity index is 2.01. The van der Waals surface area contributed by atoms with E-state index in [-0.39, 0.29) is 30.4 Å². The number of hydrogen-bond donors (Lipinski definition) is 2. The fourth-order valence-corrected chi connectivity index (χ4v) is 3.18. The molecule has 0 aromatic heterocycles. The minimum Gasteiger partial charge on any atom is -0.345 e. The average molecular weight is 273 g/mol. The maximum Gasteiger partial charge on any atom is 0.246 e. The fraction of sp³-hybridized carbons (Fsp3) is 0.467. The van der Waals surface area contributed by atoms with Crippen LogP contribution < -0.4 is 16.0 Å². The molecule has 1 heterocycles. The topological polar surface area (TPSA) is 75.4 Å². The molecule has 1 saturated carbocycles. The van der Waals surface area contributed by atoms with E-state index in [2.05, 4.69) is 5.32 Å². The molecular weight excluding hydrogens is 254 g/mol. The summed E-state index contributed by atoms with van der Waals surface area (Å²) in [6, 6.07) is 7.70. The molecule has 0 radical (unpaired) electrons. The lowest BCUT2D eigenvalue weighted by Crippen LogP contribution is -2.52. The SMILES string of the molecule is NC1(c2ccccc2N2CC(=O)NCC2=O)CCCC1. The van der Waals surface area contributed by atoms with Crippen LogP contribution in [0.25, 0.3) is 0 Å². The molecule has 2 fully saturated rings. The molecule has 3 N–H and O–H groups in total. The van der Waals surface area contributed by atoms with Crippen molar-refractivity contribution in [3.63, 3.8) is 0 Å². The van der Waals surface area contributed by atoms with Crippen molar-refractivity contribution in [1.29, 1.82) is 0 Å². The van der Waals surface area contributed by atoms with Gasteiger partial charge in [0.25, 0.3) is 0 Å². The summed E-state index contributed by atoms with van der Waals surface area (Å²) in [5.41, 5.74) is 7.93. The van der Waals surface area contributed by atoms with E-state index in [4.69, 9.17) is 5.73 Å². The van der Waals surface area contributed by atoms with Gasteiger partial charge in [-0.15, -0.1) is 0 Å². The molecule has 1 aliphatic carbocycles. The zero-order valence-corrected chi connectivity index (χ0v) is 11.4. The Hall–Kier alpha value is -1.88. The predicted octanol–water partition coefficient (Wildman–Crippen LogP) is 0.877. The highest BCUT2D eigenvalue weighted by Crippen LogP contribution is 2.40. The standard InChI is InChI=1S/C15H19N3O2/c16-15(7-3-4-8-15)11-5-1-2-6-12(11)18-10-13(19)17-9-14(18)20/h1-2,5-6H,3-4,7-10,16H2,(H,17,19). The second kappa shape index (κ2) is 4.90. The van der Waals surface area contributed by atoms with Crippen molar-refractivity contribution in [2.24, 2.45) is 5.73 Å². The van der Waals surface area contributed by atoms with Crippen LogP contribution in [0.2, 0.25) is 0 Å². The van der Waals surface area contributed by atoms with Crippen LogP contribution in [0.15, 0.2) is 24.3 Å². The Labute approximate surface area is 118 Å². The Morgan fingerprint density at radius 1 is 1.15 bits per heavy atom. The lowest BCUT2D eigenvalue weighted by Gasteiger charge is -2.33. The van der Waals surface area contributed by atoms with Gasteiger partial charge in [0.2, 0.25) is 11.8 Å². The van der Waals surface area contributed by atoms with E-state index >= 15 is 0 Å². The highest BCUT2D eigenvalue weighted by Gasteiger charge is 2.36. The third-order valence-corrected chi connectivity index (χ3v) is 4.27. The van der Waals surface area contributed by atoms with Gasteiger partial charge in [0.1, 0.15) is 6.54 Å². The molecule has 5 heteroatoms. The molecule has 0 unspecified atom stereocenters. The van der Waals surface area contributed by atoms with Crippen LogP contribution in [0.5, 0.6) is 0 Å². The fourth-order valence-electron chi connectivity index (χ4n) is 3.18. The van der Waals surface area contributed by atoms with Gasteiger partial charge in [-0.05, 0) is 24.5 Å². The molecule has 1 aromatic carbocycles. The van der Waals surface area contributed by atoms with Gasteiger partial charge in [-0.3, -0.25) is 9.59 Å². The van der Waals surface area contributed by atoms with Crippen LogP contribution in [0, 0.1) is 0 Å². The number of benzene rings is 1. The molecule has 1 saturated heterocycles. The van der Waals surface area contributed by atoms with Gasteiger partial charge >= 0.3 is 0 Å². The monoisotopic (exact) mass is 273 g/mol. The molecule has 2 aliphatic rings. The summed E-state index contributed by atoms with van der Waals surface area (Å²) in [7, 11) is 0. The minimum absolute atomic E-state index is 0.0603. The number of rotatable bonds is 2. The highest BCUT2D eigenvalue weighted by atomic mass is 16.2. The summed E-state index contributed by atoms with van der Waals surface area (Å²) in [6.07, 6.45) is 4.08. The zero-order valence-electron chi connectivity index (χ0n) is 11.4. The molecule has 1 aromatic rings. The Morgan fingerprint density at radius 2 is 1.85 bits per heavy atom. The zero-order chi connectivity index (χ0) is 14.2. The van der Waals surface area contributed by atoms with Crippen LogP contribution in [0.1, 0.15) is 31.2 Å². The Kier molecular flexibility index (Phi) is 3.22. The second-order valence-corrected chi connectivity index (χ2v) is 5.64. The van der Waals surface area contributed by atoms with E-state index in [0.717, 1.165) is 36.9 Å². The van der Waals surface area contributed by atoms with E-state index in [1.807, 2.05) is 24.3 Å². The molecule has 2 amide bonds. The van der Waals surface area contributed by atoms with Crippen LogP contribution in [-0.4, -0.2) is 24.9 Å². The molecule has 3 rings (SSSR count). The van der Waals surface area contributed by atoms with Gasteiger partial charge in [0.15, 0.2) is 0 Å². The van der Waals surface area contributed by atoms with E-state index < -0.39 is 0 Å². The van der Waals surface area contributed by atoms with Crippen molar-refractivity contribution in [1.82, 2.24) is 5.32 Å². The molecule has 0 spiro atoms. The van der Waals surface area contributed by atoms with E-state index in [1.54, 1.807) is 4.90 Å². The van der Waals surface area contributed by atoms with Gasteiger partial charge in [-0.25, -0.2) is 0 Å². The molecule has 0 atom stereocenters.